The number of para-hydroxylation sites is 1. The second kappa shape index (κ2) is 8.51. The Kier molecular flexibility index (Phi) is 5.66. The van der Waals surface area contributed by atoms with Crippen LogP contribution in [0, 0.1) is 0 Å². The van der Waals surface area contributed by atoms with Crippen molar-refractivity contribution >= 4 is 29.0 Å². The Morgan fingerprint density at radius 1 is 0.926 bits per heavy atom. The van der Waals surface area contributed by atoms with E-state index in [1.807, 2.05) is 18.2 Å². The molecule has 2 aromatic rings. The molecule has 1 aliphatic heterocycles. The monoisotopic (exact) mass is 376 g/mol. The molecule has 0 bridgehead atoms. The Bertz CT molecular complexity index is 852. The Morgan fingerprint density at radius 2 is 1.59 bits per heavy atom. The van der Waals surface area contributed by atoms with Crippen LogP contribution in [0.4, 0.5) is 5.69 Å². The van der Waals surface area contributed by atoms with Gasteiger partial charge in [0.05, 0.1) is 13.2 Å². The van der Waals surface area contributed by atoms with Gasteiger partial charge in [0.25, 0.3) is 0 Å². The summed E-state index contributed by atoms with van der Waals surface area (Å²) >= 11 is 5.81. The van der Waals surface area contributed by atoms with Gasteiger partial charge >= 0.3 is 0 Å². The van der Waals surface area contributed by atoms with Gasteiger partial charge in [-0.1, -0.05) is 60.7 Å². The van der Waals surface area contributed by atoms with E-state index in [4.69, 9.17) is 17.0 Å². The van der Waals surface area contributed by atoms with E-state index in [-0.39, 0.29) is 0 Å². The number of hydrogen-bond donors (Lipinski definition) is 1. The van der Waals surface area contributed by atoms with Gasteiger partial charge in [0.2, 0.25) is 0 Å². The number of nitrogens with zero attached hydrogens (tertiary/aromatic N) is 1. The number of rotatable bonds is 4. The van der Waals surface area contributed by atoms with Crippen LogP contribution in [0.15, 0.2) is 77.5 Å². The fourth-order valence-corrected chi connectivity index (χ4v) is 4.03. The van der Waals surface area contributed by atoms with Crippen molar-refractivity contribution in [3.8, 4) is 0 Å². The van der Waals surface area contributed by atoms with Crippen LogP contribution in [0.3, 0.4) is 0 Å². The molecule has 1 heterocycles. The molecule has 138 valence electrons. The lowest BCUT2D eigenvalue weighted by Crippen LogP contribution is -2.36. The molecule has 3 nitrogen and oxygen atoms in total. The van der Waals surface area contributed by atoms with Gasteiger partial charge in [0, 0.05) is 30.0 Å². The van der Waals surface area contributed by atoms with Gasteiger partial charge < -0.3 is 15.0 Å². The zero-order valence-corrected chi connectivity index (χ0v) is 16.2. The molecule has 0 saturated carbocycles. The Hall–Kier alpha value is -2.43. The molecule has 2 aliphatic rings. The molecule has 0 amide bonds. The first kappa shape index (κ1) is 18.0. The molecule has 0 spiro atoms. The average molecular weight is 377 g/mol. The van der Waals surface area contributed by atoms with E-state index in [0.29, 0.717) is 0 Å². The summed E-state index contributed by atoms with van der Waals surface area (Å²) in [6, 6.07) is 20.7. The quantitative estimate of drug-likeness (QED) is 0.768. The van der Waals surface area contributed by atoms with Crippen LogP contribution in [-0.2, 0) is 4.74 Å². The lowest BCUT2D eigenvalue weighted by molar-refractivity contribution is 0.0548. The SMILES string of the molecule is S=C(Nc1ccccc1)C1=C(N2CCOCC2)/C(=C/c2ccccc2)CC1. The summed E-state index contributed by atoms with van der Waals surface area (Å²) in [6.45, 7) is 3.38. The standard InChI is InChI=1S/C23H24N2OS/c27-23(24-20-9-5-2-6-10-20)21-12-11-19(17-18-7-3-1-4-8-18)22(21)25-13-15-26-16-14-25/h1-10,17H,11-16H2,(H,24,27)/b19-17+. The summed E-state index contributed by atoms with van der Waals surface area (Å²) < 4.78 is 5.57. The maximum Gasteiger partial charge on any atom is 0.108 e. The van der Waals surface area contributed by atoms with E-state index >= 15 is 0 Å². The van der Waals surface area contributed by atoms with E-state index in [1.54, 1.807) is 0 Å². The van der Waals surface area contributed by atoms with E-state index in [1.165, 1.54) is 22.4 Å². The van der Waals surface area contributed by atoms with Crippen LogP contribution in [0.25, 0.3) is 6.08 Å². The zero-order valence-electron chi connectivity index (χ0n) is 15.4. The number of hydrogen-bond acceptors (Lipinski definition) is 3. The largest absolute Gasteiger partial charge is 0.378 e. The maximum atomic E-state index is 5.81. The van der Waals surface area contributed by atoms with Gasteiger partial charge in [0.1, 0.15) is 4.99 Å². The lowest BCUT2D eigenvalue weighted by Gasteiger charge is -2.32. The van der Waals surface area contributed by atoms with Crippen molar-refractivity contribution in [3.63, 3.8) is 0 Å². The van der Waals surface area contributed by atoms with Gasteiger partial charge in [-0.3, -0.25) is 0 Å². The molecular formula is C23H24N2OS. The molecule has 0 aromatic heterocycles. The predicted molar refractivity (Wildman–Crippen MR) is 116 cm³/mol. The molecule has 0 atom stereocenters. The molecule has 1 N–H and O–H groups in total. The first-order valence-electron chi connectivity index (χ1n) is 9.49. The summed E-state index contributed by atoms with van der Waals surface area (Å²) in [4.78, 5) is 3.28. The molecule has 4 heteroatoms. The highest BCUT2D eigenvalue weighted by molar-refractivity contribution is 7.81. The highest BCUT2D eigenvalue weighted by Crippen LogP contribution is 2.36. The molecule has 1 saturated heterocycles. The zero-order chi connectivity index (χ0) is 18.5. The van der Waals surface area contributed by atoms with Gasteiger partial charge in [-0.25, -0.2) is 0 Å². The normalized spacial score (nSPS) is 18.8. The highest BCUT2D eigenvalue weighted by Gasteiger charge is 2.28. The third-order valence-corrected chi connectivity index (χ3v) is 5.36. The minimum absolute atomic E-state index is 0.772. The van der Waals surface area contributed by atoms with Crippen LogP contribution in [0.2, 0.25) is 0 Å². The smallest absolute Gasteiger partial charge is 0.108 e. The molecule has 2 aromatic carbocycles. The van der Waals surface area contributed by atoms with Gasteiger partial charge in [-0.05, 0) is 42.2 Å². The second-order valence-corrected chi connectivity index (χ2v) is 7.24. The van der Waals surface area contributed by atoms with Crippen molar-refractivity contribution in [1.29, 1.82) is 0 Å². The first-order chi connectivity index (χ1) is 13.3. The Morgan fingerprint density at radius 3 is 2.30 bits per heavy atom. The fourth-order valence-electron chi connectivity index (χ4n) is 3.71. The van der Waals surface area contributed by atoms with E-state index in [2.05, 4.69) is 58.8 Å². The van der Waals surface area contributed by atoms with E-state index in [9.17, 15) is 0 Å². The van der Waals surface area contributed by atoms with Crippen molar-refractivity contribution in [1.82, 2.24) is 4.90 Å². The number of morpholine rings is 1. The predicted octanol–water partition coefficient (Wildman–Crippen LogP) is 4.89. The van der Waals surface area contributed by atoms with Crippen LogP contribution >= 0.6 is 12.2 Å². The van der Waals surface area contributed by atoms with Crippen molar-refractivity contribution in [3.05, 3.63) is 83.1 Å². The summed E-state index contributed by atoms with van der Waals surface area (Å²) in [6.07, 6.45) is 4.31. The maximum absolute atomic E-state index is 5.81. The van der Waals surface area contributed by atoms with Gasteiger partial charge in [0.15, 0.2) is 0 Å². The number of nitrogens with one attached hydrogen (secondary N) is 1. The van der Waals surface area contributed by atoms with E-state index in [0.717, 1.165) is 49.8 Å². The molecule has 0 unspecified atom stereocenters. The number of allylic oxidation sites excluding steroid dienone is 1. The molecule has 1 fully saturated rings. The molecule has 0 radical (unpaired) electrons. The Balaban J connectivity index is 1.67. The van der Waals surface area contributed by atoms with Crippen molar-refractivity contribution < 1.29 is 4.74 Å². The van der Waals surface area contributed by atoms with Crippen LogP contribution in [-0.4, -0.2) is 36.2 Å². The molecule has 1 aliphatic carbocycles. The second-order valence-electron chi connectivity index (χ2n) is 6.83. The number of benzene rings is 2. The minimum Gasteiger partial charge on any atom is -0.378 e. The summed E-state index contributed by atoms with van der Waals surface area (Å²) in [5, 5.41) is 3.43. The van der Waals surface area contributed by atoms with Crippen LogP contribution in [0.5, 0.6) is 0 Å². The minimum atomic E-state index is 0.772. The first-order valence-corrected chi connectivity index (χ1v) is 9.90. The average Bonchev–Trinajstić information content (AvgIpc) is 3.14. The molecular weight excluding hydrogens is 352 g/mol. The summed E-state index contributed by atoms with van der Waals surface area (Å²) in [7, 11) is 0. The van der Waals surface area contributed by atoms with Crippen molar-refractivity contribution in [2.45, 2.75) is 12.8 Å². The number of ether oxygens (including phenoxy) is 1. The molecule has 27 heavy (non-hydrogen) atoms. The summed E-state index contributed by atoms with van der Waals surface area (Å²) in [5.74, 6) is 0. The van der Waals surface area contributed by atoms with Crippen molar-refractivity contribution in [2.24, 2.45) is 0 Å². The molecule has 4 rings (SSSR count). The van der Waals surface area contributed by atoms with Crippen LogP contribution < -0.4 is 5.32 Å². The third kappa shape index (κ3) is 4.29. The lowest BCUT2D eigenvalue weighted by atomic mass is 10.1. The topological polar surface area (TPSA) is 24.5 Å². The van der Waals surface area contributed by atoms with Gasteiger partial charge in [-0.15, -0.1) is 0 Å². The fraction of sp³-hybridized carbons (Fsp3) is 0.261. The van der Waals surface area contributed by atoms with Gasteiger partial charge in [-0.2, -0.15) is 0 Å². The number of thiocarbonyl (C=S) groups is 1. The third-order valence-electron chi connectivity index (χ3n) is 5.01. The number of anilines is 1. The van der Waals surface area contributed by atoms with Crippen LogP contribution in [0.1, 0.15) is 18.4 Å². The van der Waals surface area contributed by atoms with E-state index < -0.39 is 0 Å². The van der Waals surface area contributed by atoms with Crippen molar-refractivity contribution in [2.75, 3.05) is 31.6 Å². The highest BCUT2D eigenvalue weighted by atomic mass is 32.1. The Labute approximate surface area is 166 Å². The summed E-state index contributed by atoms with van der Waals surface area (Å²) in [5.41, 5.74) is 6.20.